The lowest BCUT2D eigenvalue weighted by Gasteiger charge is -2.11. The van der Waals surface area contributed by atoms with Crippen molar-refractivity contribution in [1.29, 1.82) is 0 Å². The first kappa shape index (κ1) is 14.2. The molecule has 0 aliphatic heterocycles. The number of hydrogen-bond donors (Lipinski definition) is 2. The van der Waals surface area contributed by atoms with E-state index in [1.54, 1.807) is 6.07 Å². The Kier molecular flexibility index (Phi) is 4.50. The van der Waals surface area contributed by atoms with Gasteiger partial charge in [0.25, 0.3) is 0 Å². The molecule has 0 spiro atoms. The smallest absolute Gasteiger partial charge is 0.136 e. The zero-order chi connectivity index (χ0) is 14.5. The van der Waals surface area contributed by atoms with Gasteiger partial charge in [-0.25, -0.2) is 14.4 Å². The third-order valence-electron chi connectivity index (χ3n) is 2.85. The van der Waals surface area contributed by atoms with Crippen LogP contribution in [0.25, 0.3) is 0 Å². The maximum atomic E-state index is 13.1. The van der Waals surface area contributed by atoms with E-state index >= 15 is 0 Å². The molecule has 5 heteroatoms. The second kappa shape index (κ2) is 6.32. The predicted molar refractivity (Wildman–Crippen MR) is 80.0 cm³/mol. The lowest BCUT2D eigenvalue weighted by Crippen LogP contribution is -2.06. The molecule has 2 aromatic rings. The Bertz CT molecular complexity index is 598. The van der Waals surface area contributed by atoms with Gasteiger partial charge < -0.3 is 10.6 Å². The molecule has 0 unspecified atom stereocenters. The Balaban J connectivity index is 2.21. The van der Waals surface area contributed by atoms with Crippen LogP contribution in [-0.2, 0) is 0 Å². The van der Waals surface area contributed by atoms with Crippen LogP contribution in [0, 0.1) is 19.7 Å². The third-order valence-corrected chi connectivity index (χ3v) is 2.85. The average molecular weight is 274 g/mol. The van der Waals surface area contributed by atoms with Crippen molar-refractivity contribution in [2.45, 2.75) is 27.2 Å². The number of hydrogen-bond acceptors (Lipinski definition) is 4. The number of nitrogens with one attached hydrogen (secondary N) is 2. The second-order valence-electron chi connectivity index (χ2n) is 4.70. The fourth-order valence-corrected chi connectivity index (χ4v) is 1.88. The lowest BCUT2D eigenvalue weighted by molar-refractivity contribution is 0.627. The van der Waals surface area contributed by atoms with Crippen molar-refractivity contribution in [3.8, 4) is 0 Å². The van der Waals surface area contributed by atoms with Gasteiger partial charge in [0, 0.05) is 18.3 Å². The molecule has 1 heterocycles. The minimum Gasteiger partial charge on any atom is -0.370 e. The highest BCUT2D eigenvalue weighted by Crippen LogP contribution is 2.21. The molecule has 0 atom stereocenters. The maximum Gasteiger partial charge on any atom is 0.136 e. The molecule has 2 rings (SSSR count). The highest BCUT2D eigenvalue weighted by Gasteiger charge is 2.04. The Morgan fingerprint density at radius 2 is 1.85 bits per heavy atom. The molecule has 0 aliphatic carbocycles. The number of rotatable bonds is 5. The van der Waals surface area contributed by atoms with Gasteiger partial charge in [-0.15, -0.1) is 0 Å². The molecule has 0 saturated heterocycles. The quantitative estimate of drug-likeness (QED) is 0.870. The predicted octanol–water partition coefficient (Wildman–Crippen LogP) is 3.80. The number of benzene rings is 1. The molecule has 1 aromatic heterocycles. The first-order valence-electron chi connectivity index (χ1n) is 6.71. The summed E-state index contributed by atoms with van der Waals surface area (Å²) < 4.78 is 13.1. The van der Waals surface area contributed by atoms with Crippen LogP contribution in [-0.4, -0.2) is 16.5 Å². The number of nitrogens with zero attached hydrogens (tertiary/aromatic N) is 2. The van der Waals surface area contributed by atoms with E-state index in [1.807, 2.05) is 19.9 Å². The van der Waals surface area contributed by atoms with E-state index in [9.17, 15) is 4.39 Å². The topological polar surface area (TPSA) is 49.8 Å². The van der Waals surface area contributed by atoms with Crippen molar-refractivity contribution in [2.75, 3.05) is 17.2 Å². The summed E-state index contributed by atoms with van der Waals surface area (Å²) in [5, 5.41) is 6.43. The fourth-order valence-electron chi connectivity index (χ4n) is 1.88. The molecule has 0 amide bonds. The van der Waals surface area contributed by atoms with Crippen molar-refractivity contribution in [1.82, 2.24) is 9.97 Å². The minimum absolute atomic E-state index is 0.239. The normalized spacial score (nSPS) is 10.4. The number of aryl methyl sites for hydroxylation is 2. The summed E-state index contributed by atoms with van der Waals surface area (Å²) in [6, 6.07) is 6.49. The van der Waals surface area contributed by atoms with E-state index in [2.05, 4.69) is 27.5 Å². The number of anilines is 3. The molecule has 106 valence electrons. The van der Waals surface area contributed by atoms with E-state index < -0.39 is 0 Å². The van der Waals surface area contributed by atoms with Crippen molar-refractivity contribution in [3.05, 3.63) is 41.5 Å². The average Bonchev–Trinajstić information content (AvgIpc) is 2.39. The van der Waals surface area contributed by atoms with E-state index in [4.69, 9.17) is 0 Å². The molecular formula is C15H19FN4. The fraction of sp³-hybridized carbons (Fsp3) is 0.333. The molecular weight excluding hydrogens is 255 g/mol. The molecule has 4 nitrogen and oxygen atoms in total. The molecule has 0 fully saturated rings. The summed E-state index contributed by atoms with van der Waals surface area (Å²) in [6.07, 6.45) is 1.03. The van der Waals surface area contributed by atoms with E-state index in [-0.39, 0.29) is 5.82 Å². The van der Waals surface area contributed by atoms with Crippen LogP contribution < -0.4 is 10.6 Å². The monoisotopic (exact) mass is 274 g/mol. The van der Waals surface area contributed by atoms with Crippen LogP contribution in [0.1, 0.15) is 24.7 Å². The SMILES string of the molecule is CCCNc1cc(Nc2ccc(F)cc2C)nc(C)n1. The van der Waals surface area contributed by atoms with Gasteiger partial charge in [-0.2, -0.15) is 0 Å². The highest BCUT2D eigenvalue weighted by molar-refractivity contribution is 5.62. The molecule has 2 N–H and O–H groups in total. The summed E-state index contributed by atoms with van der Waals surface area (Å²) >= 11 is 0. The Labute approximate surface area is 118 Å². The van der Waals surface area contributed by atoms with Gasteiger partial charge in [-0.3, -0.25) is 0 Å². The maximum absolute atomic E-state index is 13.1. The van der Waals surface area contributed by atoms with Crippen LogP contribution >= 0.6 is 0 Å². The Morgan fingerprint density at radius 1 is 1.10 bits per heavy atom. The number of aromatic nitrogens is 2. The third kappa shape index (κ3) is 3.66. The molecule has 1 aromatic carbocycles. The van der Waals surface area contributed by atoms with Gasteiger partial charge in [-0.1, -0.05) is 6.92 Å². The summed E-state index contributed by atoms with van der Waals surface area (Å²) in [5.41, 5.74) is 1.68. The van der Waals surface area contributed by atoms with Crippen LogP contribution in [0.15, 0.2) is 24.3 Å². The second-order valence-corrected chi connectivity index (χ2v) is 4.70. The lowest BCUT2D eigenvalue weighted by atomic mass is 10.2. The summed E-state index contributed by atoms with van der Waals surface area (Å²) in [5.74, 6) is 1.94. The first-order chi connectivity index (χ1) is 9.58. The zero-order valence-corrected chi connectivity index (χ0v) is 12.0. The molecule has 0 radical (unpaired) electrons. The Morgan fingerprint density at radius 3 is 2.55 bits per heavy atom. The molecule has 0 aliphatic rings. The minimum atomic E-state index is -0.239. The zero-order valence-electron chi connectivity index (χ0n) is 12.0. The van der Waals surface area contributed by atoms with Gasteiger partial charge in [0.1, 0.15) is 23.3 Å². The van der Waals surface area contributed by atoms with Crippen molar-refractivity contribution >= 4 is 17.3 Å². The number of halogens is 1. The standard InChI is InChI=1S/C15H19FN4/c1-4-7-17-14-9-15(19-11(3)18-14)20-13-6-5-12(16)8-10(13)2/h5-6,8-9H,4,7H2,1-3H3,(H2,17,18,19,20). The van der Waals surface area contributed by atoms with Crippen molar-refractivity contribution in [3.63, 3.8) is 0 Å². The van der Waals surface area contributed by atoms with Gasteiger partial charge in [0.05, 0.1) is 0 Å². The largest absolute Gasteiger partial charge is 0.370 e. The van der Waals surface area contributed by atoms with E-state index in [1.165, 1.54) is 12.1 Å². The molecule has 20 heavy (non-hydrogen) atoms. The molecule has 0 saturated carbocycles. The summed E-state index contributed by atoms with van der Waals surface area (Å²) in [4.78, 5) is 8.67. The van der Waals surface area contributed by atoms with Gasteiger partial charge in [0.2, 0.25) is 0 Å². The van der Waals surface area contributed by atoms with Crippen LogP contribution in [0.5, 0.6) is 0 Å². The van der Waals surface area contributed by atoms with Gasteiger partial charge >= 0.3 is 0 Å². The van der Waals surface area contributed by atoms with Crippen LogP contribution in [0.2, 0.25) is 0 Å². The highest BCUT2D eigenvalue weighted by atomic mass is 19.1. The van der Waals surface area contributed by atoms with E-state index in [0.717, 1.165) is 30.0 Å². The molecule has 0 bridgehead atoms. The van der Waals surface area contributed by atoms with E-state index in [0.29, 0.717) is 11.6 Å². The van der Waals surface area contributed by atoms with Crippen LogP contribution in [0.3, 0.4) is 0 Å². The van der Waals surface area contributed by atoms with Crippen LogP contribution in [0.4, 0.5) is 21.7 Å². The first-order valence-corrected chi connectivity index (χ1v) is 6.71. The summed E-state index contributed by atoms with van der Waals surface area (Å²) in [6.45, 7) is 6.67. The Hall–Kier alpha value is -2.17. The van der Waals surface area contributed by atoms with Gasteiger partial charge in [0.15, 0.2) is 0 Å². The van der Waals surface area contributed by atoms with Crippen molar-refractivity contribution in [2.24, 2.45) is 0 Å². The van der Waals surface area contributed by atoms with Crippen molar-refractivity contribution < 1.29 is 4.39 Å². The summed E-state index contributed by atoms with van der Waals surface area (Å²) in [7, 11) is 0. The van der Waals surface area contributed by atoms with Gasteiger partial charge in [-0.05, 0) is 44.0 Å².